The molecule has 2 heterocycles. The van der Waals surface area contributed by atoms with Crippen LogP contribution >= 0.6 is 11.3 Å². The Morgan fingerprint density at radius 1 is 0.286 bits per heavy atom. The standard InChI is InChI=1S/C80H52N2OS/c1-5-26-53(27-6-1)79(54-28-7-2-8-29-54)64-41-17-13-37-61(64)75-66(79)43-23-45-68(75)81(70-47-25-50-73-77(70)63-39-15-19-49-72(63)83-73)57-34-21-35-58(52-57)82(71-48-22-40-60-59-36-16-20-51-74(59)84-78(60)71)69-46-24-44-67-76(69)62-38-14-18-42-65(62)80(67,55-30-9-3-10-31-55)56-32-11-4-12-33-56/h1-52H. The molecule has 0 bridgehead atoms. The monoisotopic (exact) mass is 1090 g/mol. The number of fused-ring (bicyclic) bond motifs is 12. The second kappa shape index (κ2) is 19.0. The number of rotatable bonds is 10. The Bertz CT molecular complexity index is 4970. The van der Waals surface area contributed by atoms with Gasteiger partial charge >= 0.3 is 0 Å². The molecule has 0 spiro atoms. The van der Waals surface area contributed by atoms with Crippen LogP contribution in [0.5, 0.6) is 0 Å². The third-order valence-corrected chi connectivity index (χ3v) is 19.2. The van der Waals surface area contributed by atoms with Gasteiger partial charge in [0.25, 0.3) is 0 Å². The average Bonchev–Trinajstić information content (AvgIpc) is 2.08. The Morgan fingerprint density at radius 2 is 0.679 bits per heavy atom. The highest BCUT2D eigenvalue weighted by Crippen LogP contribution is 2.62. The van der Waals surface area contributed by atoms with E-state index in [1.807, 2.05) is 11.3 Å². The van der Waals surface area contributed by atoms with Crippen molar-refractivity contribution in [3.8, 4) is 22.3 Å². The van der Waals surface area contributed by atoms with Crippen LogP contribution in [0.3, 0.4) is 0 Å². The molecule has 0 amide bonds. The van der Waals surface area contributed by atoms with Gasteiger partial charge in [-0.3, -0.25) is 0 Å². The van der Waals surface area contributed by atoms with Crippen molar-refractivity contribution in [1.29, 1.82) is 0 Å². The summed E-state index contributed by atoms with van der Waals surface area (Å²) in [5.74, 6) is 0. The van der Waals surface area contributed by atoms with Gasteiger partial charge in [-0.2, -0.15) is 0 Å². The van der Waals surface area contributed by atoms with Crippen LogP contribution in [0, 0.1) is 0 Å². The molecule has 0 fully saturated rings. The summed E-state index contributed by atoms with van der Waals surface area (Å²) in [5.41, 5.74) is 21.6. The second-order valence-corrected chi connectivity index (χ2v) is 23.2. The van der Waals surface area contributed by atoms with Crippen LogP contribution in [-0.4, -0.2) is 0 Å². The van der Waals surface area contributed by atoms with E-state index in [9.17, 15) is 0 Å². The lowest BCUT2D eigenvalue weighted by Gasteiger charge is -2.35. The van der Waals surface area contributed by atoms with Crippen molar-refractivity contribution in [1.82, 2.24) is 0 Å². The van der Waals surface area contributed by atoms with Gasteiger partial charge in [-0.05, 0) is 116 Å². The summed E-state index contributed by atoms with van der Waals surface area (Å²) in [6, 6.07) is 117. The van der Waals surface area contributed by atoms with Gasteiger partial charge in [0.1, 0.15) is 11.2 Å². The number of anilines is 6. The SMILES string of the molecule is c1ccc(C2(c3ccccc3)c3ccccc3-c3c(N(c4cccc(N(c5cccc6c5-c5ccccc5C6(c5ccccc5)c5ccccc5)c5cccc6oc7ccccc7c56)c4)c4cccc5c4sc4ccccc45)cccc32)cc1. The van der Waals surface area contributed by atoms with E-state index in [-0.39, 0.29) is 0 Å². The van der Waals surface area contributed by atoms with Crippen LogP contribution in [0.15, 0.2) is 320 Å². The number of furan rings is 1. The van der Waals surface area contributed by atoms with E-state index in [4.69, 9.17) is 4.42 Å². The number of hydrogen-bond acceptors (Lipinski definition) is 4. The van der Waals surface area contributed by atoms with Crippen molar-refractivity contribution in [3.05, 3.63) is 360 Å². The molecule has 394 valence electrons. The van der Waals surface area contributed by atoms with Crippen molar-refractivity contribution in [3.63, 3.8) is 0 Å². The fraction of sp³-hybridized carbons (Fsp3) is 0.0250. The Kier molecular flexibility index (Phi) is 10.9. The van der Waals surface area contributed by atoms with Gasteiger partial charge < -0.3 is 14.2 Å². The Balaban J connectivity index is 0.970. The van der Waals surface area contributed by atoms with E-state index in [1.165, 1.54) is 86.9 Å². The molecule has 17 rings (SSSR count). The highest BCUT2D eigenvalue weighted by atomic mass is 32.1. The molecule has 13 aromatic carbocycles. The average molecular weight is 1090 g/mol. The lowest BCUT2D eigenvalue weighted by Crippen LogP contribution is -2.28. The second-order valence-electron chi connectivity index (χ2n) is 22.1. The maximum absolute atomic E-state index is 6.77. The van der Waals surface area contributed by atoms with E-state index in [2.05, 4.69) is 325 Å². The molecule has 2 aliphatic carbocycles. The number of benzene rings is 13. The van der Waals surface area contributed by atoms with Crippen LogP contribution in [-0.2, 0) is 10.8 Å². The van der Waals surface area contributed by atoms with E-state index < -0.39 is 10.8 Å². The first kappa shape index (κ1) is 48.2. The van der Waals surface area contributed by atoms with E-state index in [0.717, 1.165) is 56.1 Å². The zero-order valence-corrected chi connectivity index (χ0v) is 46.5. The number of nitrogens with zero attached hydrogens (tertiary/aromatic N) is 2. The van der Waals surface area contributed by atoms with Gasteiger partial charge in [0.2, 0.25) is 0 Å². The quantitative estimate of drug-likeness (QED) is 0.136. The topological polar surface area (TPSA) is 19.6 Å². The van der Waals surface area contributed by atoms with E-state index in [0.29, 0.717) is 0 Å². The van der Waals surface area contributed by atoms with Gasteiger partial charge in [-0.25, -0.2) is 0 Å². The van der Waals surface area contributed by atoms with Crippen LogP contribution in [0.1, 0.15) is 44.5 Å². The number of para-hydroxylation sites is 1. The molecule has 0 radical (unpaired) electrons. The van der Waals surface area contributed by atoms with Crippen molar-refractivity contribution in [2.45, 2.75) is 10.8 Å². The van der Waals surface area contributed by atoms with E-state index >= 15 is 0 Å². The third kappa shape index (κ3) is 6.86. The first-order chi connectivity index (χ1) is 41.7. The maximum Gasteiger partial charge on any atom is 0.137 e. The van der Waals surface area contributed by atoms with E-state index in [1.54, 1.807) is 0 Å². The zero-order valence-electron chi connectivity index (χ0n) is 45.7. The minimum atomic E-state index is -0.606. The minimum Gasteiger partial charge on any atom is -0.456 e. The summed E-state index contributed by atoms with van der Waals surface area (Å²) in [5, 5.41) is 4.62. The van der Waals surface area contributed by atoms with Crippen molar-refractivity contribution < 1.29 is 4.42 Å². The molecule has 2 aromatic heterocycles. The van der Waals surface area contributed by atoms with Crippen molar-refractivity contribution in [2.75, 3.05) is 9.80 Å². The Hall–Kier alpha value is -10.5. The maximum atomic E-state index is 6.77. The van der Waals surface area contributed by atoms with Gasteiger partial charge in [0.15, 0.2) is 0 Å². The van der Waals surface area contributed by atoms with Gasteiger partial charge in [0, 0.05) is 43.4 Å². The summed E-state index contributed by atoms with van der Waals surface area (Å²) in [6.07, 6.45) is 0. The molecular weight excluding hydrogens is 1040 g/mol. The lowest BCUT2D eigenvalue weighted by atomic mass is 9.68. The summed E-state index contributed by atoms with van der Waals surface area (Å²) in [7, 11) is 0. The molecule has 15 aromatic rings. The third-order valence-electron chi connectivity index (χ3n) is 18.0. The van der Waals surface area contributed by atoms with Crippen molar-refractivity contribution >= 4 is 87.6 Å². The predicted molar refractivity (Wildman–Crippen MR) is 351 cm³/mol. The number of hydrogen-bond donors (Lipinski definition) is 0. The molecule has 0 atom stereocenters. The Morgan fingerprint density at radius 3 is 1.25 bits per heavy atom. The van der Waals surface area contributed by atoms with Gasteiger partial charge in [-0.15, -0.1) is 11.3 Å². The summed E-state index contributed by atoms with van der Waals surface area (Å²) in [6.45, 7) is 0. The molecule has 2 aliphatic rings. The minimum absolute atomic E-state index is 0.594. The fourth-order valence-electron chi connectivity index (χ4n) is 14.8. The van der Waals surface area contributed by atoms with Gasteiger partial charge in [0.05, 0.1) is 43.7 Å². The van der Waals surface area contributed by atoms with Gasteiger partial charge in [-0.1, -0.05) is 255 Å². The summed E-state index contributed by atoms with van der Waals surface area (Å²) >= 11 is 1.87. The van der Waals surface area contributed by atoms with Crippen LogP contribution in [0.4, 0.5) is 34.1 Å². The first-order valence-corrected chi connectivity index (χ1v) is 29.7. The molecular formula is C80H52N2OS. The lowest BCUT2D eigenvalue weighted by molar-refractivity contribution is 0.669. The molecule has 4 heteroatoms. The van der Waals surface area contributed by atoms with Crippen molar-refractivity contribution in [2.24, 2.45) is 0 Å². The molecule has 0 saturated carbocycles. The molecule has 3 nitrogen and oxygen atoms in total. The number of thiophene rings is 1. The highest BCUT2D eigenvalue weighted by Gasteiger charge is 2.49. The summed E-state index contributed by atoms with van der Waals surface area (Å²) < 4.78 is 9.26. The molecule has 0 saturated heterocycles. The van der Waals surface area contributed by atoms with Crippen LogP contribution in [0.25, 0.3) is 64.4 Å². The molecule has 0 aliphatic heterocycles. The van der Waals surface area contributed by atoms with Crippen LogP contribution in [0.2, 0.25) is 0 Å². The summed E-state index contributed by atoms with van der Waals surface area (Å²) in [4.78, 5) is 5.09. The predicted octanol–water partition coefficient (Wildman–Crippen LogP) is 21.6. The highest BCUT2D eigenvalue weighted by molar-refractivity contribution is 7.26. The normalized spacial score (nSPS) is 13.4. The fourth-order valence-corrected chi connectivity index (χ4v) is 16.0. The molecule has 84 heavy (non-hydrogen) atoms. The Labute approximate surface area is 491 Å². The van der Waals surface area contributed by atoms with Crippen LogP contribution < -0.4 is 9.80 Å². The largest absolute Gasteiger partial charge is 0.456 e. The smallest absolute Gasteiger partial charge is 0.137 e. The molecule has 0 unspecified atom stereocenters. The first-order valence-electron chi connectivity index (χ1n) is 28.9. The zero-order chi connectivity index (χ0) is 55.3. The molecule has 0 N–H and O–H groups in total.